The number of nitrogens with one attached hydrogen (secondary N) is 1. The number of nitrogens with zero attached hydrogens (tertiary/aromatic N) is 1. The zero-order valence-electron chi connectivity index (χ0n) is 11.3. The highest BCUT2D eigenvalue weighted by molar-refractivity contribution is 7.90. The monoisotopic (exact) mass is 282 g/mol. The summed E-state index contributed by atoms with van der Waals surface area (Å²) < 4.78 is 23.7. The molecule has 1 unspecified atom stereocenters. The minimum absolute atomic E-state index is 0.145. The van der Waals surface area contributed by atoms with Gasteiger partial charge >= 0.3 is 0 Å². The first-order valence-corrected chi connectivity index (χ1v) is 8.12. The molecule has 1 aliphatic heterocycles. The van der Waals surface area contributed by atoms with E-state index < -0.39 is 9.84 Å². The van der Waals surface area contributed by atoms with E-state index in [1.165, 1.54) is 6.07 Å². The van der Waals surface area contributed by atoms with Gasteiger partial charge in [-0.3, -0.25) is 4.79 Å². The van der Waals surface area contributed by atoms with Crippen LogP contribution < -0.4 is 10.2 Å². The van der Waals surface area contributed by atoms with Crippen LogP contribution in [0.4, 0.5) is 11.4 Å². The molecule has 1 atom stereocenters. The van der Waals surface area contributed by atoms with Crippen molar-refractivity contribution in [3.63, 3.8) is 0 Å². The number of carbonyl (C=O) groups excluding carboxylic acids is 1. The lowest BCUT2D eigenvalue weighted by molar-refractivity contribution is -0.119. The van der Waals surface area contributed by atoms with Gasteiger partial charge in [-0.15, -0.1) is 0 Å². The summed E-state index contributed by atoms with van der Waals surface area (Å²) in [6, 6.07) is 5.07. The van der Waals surface area contributed by atoms with Crippen molar-refractivity contribution in [2.45, 2.75) is 18.7 Å². The van der Waals surface area contributed by atoms with Gasteiger partial charge in [0.2, 0.25) is 5.91 Å². The first-order valence-electron chi connectivity index (χ1n) is 6.23. The minimum Gasteiger partial charge on any atom is -0.369 e. The minimum atomic E-state index is -3.37. The number of amides is 1. The van der Waals surface area contributed by atoms with E-state index in [1.807, 2.05) is 24.8 Å². The molecule has 6 heteroatoms. The Morgan fingerprint density at radius 2 is 2.11 bits per heavy atom. The summed E-state index contributed by atoms with van der Waals surface area (Å²) in [5.74, 6) is -0.326. The lowest BCUT2D eigenvalue weighted by atomic mass is 10.1. The van der Waals surface area contributed by atoms with Crippen molar-refractivity contribution in [3.8, 4) is 0 Å². The third kappa shape index (κ3) is 2.58. The van der Waals surface area contributed by atoms with Crippen LogP contribution >= 0.6 is 0 Å². The number of carbonyl (C=O) groups is 1. The van der Waals surface area contributed by atoms with E-state index in [2.05, 4.69) is 5.32 Å². The van der Waals surface area contributed by atoms with E-state index in [1.54, 1.807) is 6.07 Å². The fourth-order valence-electron chi connectivity index (χ4n) is 2.28. The number of sulfone groups is 1. The van der Waals surface area contributed by atoms with Crippen molar-refractivity contribution < 1.29 is 13.2 Å². The molecule has 104 valence electrons. The van der Waals surface area contributed by atoms with Gasteiger partial charge in [0.25, 0.3) is 0 Å². The summed E-state index contributed by atoms with van der Waals surface area (Å²) in [4.78, 5) is 14.2. The van der Waals surface area contributed by atoms with E-state index in [0.717, 1.165) is 18.5 Å². The molecule has 0 spiro atoms. The topological polar surface area (TPSA) is 66.5 Å². The van der Waals surface area contributed by atoms with Gasteiger partial charge in [0.05, 0.1) is 22.2 Å². The van der Waals surface area contributed by atoms with Gasteiger partial charge in [-0.05, 0) is 19.1 Å². The molecule has 5 nitrogen and oxygen atoms in total. The molecule has 1 amide bonds. The molecular weight excluding hydrogens is 264 g/mol. The summed E-state index contributed by atoms with van der Waals surface area (Å²) in [6.07, 6.45) is 1.15. The number of anilines is 2. The Balaban J connectivity index is 2.66. The summed E-state index contributed by atoms with van der Waals surface area (Å²) in [7, 11) is -3.37. The standard InChI is InChI=1S/C13H18N2O3S/c1-4-15-8-9(2)13(16)14-12-10(15)6-5-7-11(12)19(3,17)18/h5-7,9H,4,8H2,1-3H3,(H,14,16). The highest BCUT2D eigenvalue weighted by Crippen LogP contribution is 2.35. The number of para-hydroxylation sites is 1. The van der Waals surface area contributed by atoms with Gasteiger partial charge in [0.1, 0.15) is 0 Å². The van der Waals surface area contributed by atoms with E-state index in [0.29, 0.717) is 12.2 Å². The summed E-state index contributed by atoms with van der Waals surface area (Å²) >= 11 is 0. The average molecular weight is 282 g/mol. The molecule has 0 saturated heterocycles. The Kier molecular flexibility index (Phi) is 3.54. The van der Waals surface area contributed by atoms with Crippen LogP contribution in [-0.4, -0.2) is 33.7 Å². The number of rotatable bonds is 2. The number of fused-ring (bicyclic) bond motifs is 1. The molecule has 0 aliphatic carbocycles. The molecule has 19 heavy (non-hydrogen) atoms. The summed E-state index contributed by atoms with van der Waals surface area (Å²) in [5, 5.41) is 2.75. The number of hydrogen-bond donors (Lipinski definition) is 1. The fourth-order valence-corrected chi connectivity index (χ4v) is 3.13. The van der Waals surface area contributed by atoms with Crippen molar-refractivity contribution in [3.05, 3.63) is 18.2 Å². The van der Waals surface area contributed by atoms with Crippen LogP contribution in [-0.2, 0) is 14.6 Å². The average Bonchev–Trinajstić information content (AvgIpc) is 2.45. The summed E-state index contributed by atoms with van der Waals surface area (Å²) in [6.45, 7) is 5.13. The highest BCUT2D eigenvalue weighted by Gasteiger charge is 2.27. The fraction of sp³-hybridized carbons (Fsp3) is 0.462. The molecule has 0 radical (unpaired) electrons. The first-order chi connectivity index (χ1) is 8.84. The van der Waals surface area contributed by atoms with Gasteiger partial charge in [0, 0.05) is 19.3 Å². The predicted octanol–water partition coefficient (Wildman–Crippen LogP) is 1.50. The van der Waals surface area contributed by atoms with Gasteiger partial charge < -0.3 is 10.2 Å². The molecule has 0 saturated carbocycles. The SMILES string of the molecule is CCN1CC(C)C(=O)Nc2c1cccc2S(C)(=O)=O. The Labute approximate surface area is 113 Å². The van der Waals surface area contributed by atoms with Gasteiger partial charge in [-0.1, -0.05) is 13.0 Å². The molecule has 1 heterocycles. The van der Waals surface area contributed by atoms with E-state index in [4.69, 9.17) is 0 Å². The number of benzene rings is 1. The normalized spacial score (nSPS) is 19.6. The van der Waals surface area contributed by atoms with E-state index in [9.17, 15) is 13.2 Å². The van der Waals surface area contributed by atoms with Crippen molar-refractivity contribution >= 4 is 27.1 Å². The molecule has 0 fully saturated rings. The Hall–Kier alpha value is -1.56. The highest BCUT2D eigenvalue weighted by atomic mass is 32.2. The molecular formula is C13H18N2O3S. The third-order valence-corrected chi connectivity index (χ3v) is 4.46. The lowest BCUT2D eigenvalue weighted by Gasteiger charge is -2.24. The largest absolute Gasteiger partial charge is 0.369 e. The zero-order valence-corrected chi connectivity index (χ0v) is 12.1. The molecule has 0 bridgehead atoms. The van der Waals surface area contributed by atoms with Gasteiger partial charge in [-0.25, -0.2) is 8.42 Å². The second kappa shape index (κ2) is 4.85. The van der Waals surface area contributed by atoms with E-state index in [-0.39, 0.29) is 16.7 Å². The zero-order chi connectivity index (χ0) is 14.2. The first kappa shape index (κ1) is 13.9. The lowest BCUT2D eigenvalue weighted by Crippen LogP contribution is -2.30. The van der Waals surface area contributed by atoms with Crippen molar-refractivity contribution in [2.75, 3.05) is 29.6 Å². The molecule has 1 aliphatic rings. The van der Waals surface area contributed by atoms with Crippen molar-refractivity contribution in [2.24, 2.45) is 5.92 Å². The third-order valence-electron chi connectivity index (χ3n) is 3.32. The maximum atomic E-state index is 12.0. The maximum Gasteiger partial charge on any atom is 0.229 e. The van der Waals surface area contributed by atoms with Crippen LogP contribution in [0.25, 0.3) is 0 Å². The van der Waals surface area contributed by atoms with Crippen LogP contribution in [0.3, 0.4) is 0 Å². The van der Waals surface area contributed by atoms with Crippen LogP contribution in [0.5, 0.6) is 0 Å². The smallest absolute Gasteiger partial charge is 0.229 e. The molecule has 2 rings (SSSR count). The maximum absolute atomic E-state index is 12.0. The van der Waals surface area contributed by atoms with Gasteiger partial charge in [-0.2, -0.15) is 0 Å². The number of hydrogen-bond acceptors (Lipinski definition) is 4. The molecule has 1 N–H and O–H groups in total. The van der Waals surface area contributed by atoms with Crippen molar-refractivity contribution in [1.82, 2.24) is 0 Å². The van der Waals surface area contributed by atoms with Crippen LogP contribution in [0, 0.1) is 5.92 Å². The molecule has 0 aromatic heterocycles. The van der Waals surface area contributed by atoms with Crippen molar-refractivity contribution in [1.29, 1.82) is 0 Å². The Morgan fingerprint density at radius 1 is 1.42 bits per heavy atom. The van der Waals surface area contributed by atoms with Crippen LogP contribution in [0.1, 0.15) is 13.8 Å². The molecule has 1 aromatic carbocycles. The van der Waals surface area contributed by atoms with Gasteiger partial charge in [0.15, 0.2) is 9.84 Å². The second-order valence-electron chi connectivity index (χ2n) is 4.85. The predicted molar refractivity (Wildman–Crippen MR) is 75.2 cm³/mol. The molecule has 1 aromatic rings. The second-order valence-corrected chi connectivity index (χ2v) is 6.84. The Bertz CT molecular complexity index is 610. The van der Waals surface area contributed by atoms with Crippen LogP contribution in [0.2, 0.25) is 0 Å². The quantitative estimate of drug-likeness (QED) is 0.893. The van der Waals surface area contributed by atoms with Crippen LogP contribution in [0.15, 0.2) is 23.1 Å². The van der Waals surface area contributed by atoms with E-state index >= 15 is 0 Å². The summed E-state index contributed by atoms with van der Waals surface area (Å²) in [5.41, 5.74) is 1.17. The Morgan fingerprint density at radius 3 is 2.68 bits per heavy atom.